The van der Waals surface area contributed by atoms with Gasteiger partial charge >= 0.3 is 0 Å². The van der Waals surface area contributed by atoms with E-state index in [9.17, 15) is 0 Å². The molecule has 0 aromatic carbocycles. The first-order valence-electron chi connectivity index (χ1n) is 3.19. The largest absolute Gasteiger partial charge is 0.119 e. The molecule has 0 heterocycles. The molecular formula is C7H12Cl. The molecule has 1 fully saturated rings. The van der Waals surface area contributed by atoms with Crippen LogP contribution < -0.4 is 0 Å². The van der Waals surface area contributed by atoms with Crippen LogP contribution in [-0.4, -0.2) is 4.87 Å². The molecule has 2 unspecified atom stereocenters. The summed E-state index contributed by atoms with van der Waals surface area (Å²) in [5, 5.41) is 0. The molecule has 0 bridgehead atoms. The van der Waals surface area contributed by atoms with Crippen molar-refractivity contribution in [3.8, 4) is 0 Å². The normalized spacial score (nSPS) is 46.1. The lowest BCUT2D eigenvalue weighted by Gasteiger charge is -2.39. The zero-order valence-corrected chi connectivity index (χ0v) is 6.20. The fraction of sp³-hybridized carbons (Fsp3) is 0.857. The van der Waals surface area contributed by atoms with Gasteiger partial charge < -0.3 is 0 Å². The average molecular weight is 132 g/mol. The molecule has 0 aromatic rings. The summed E-state index contributed by atoms with van der Waals surface area (Å²) in [5.41, 5.74) is 0. The van der Waals surface area contributed by atoms with Gasteiger partial charge in [0.05, 0.1) is 0 Å². The fourth-order valence-corrected chi connectivity index (χ4v) is 1.61. The Morgan fingerprint density at radius 2 is 2.38 bits per heavy atom. The fourth-order valence-electron chi connectivity index (χ4n) is 1.23. The maximum Gasteiger partial charge on any atom is 0.0455 e. The highest BCUT2D eigenvalue weighted by Crippen LogP contribution is 2.42. The third-order valence-corrected chi connectivity index (χ3v) is 2.05. The Bertz CT molecular complexity index is 78.4. The standard InChI is InChI=1S/C7H12Cl/c1-3-6-4-7(2,8)5-6/h4,6H,3,5H2,1-2H3. The van der Waals surface area contributed by atoms with E-state index in [0.717, 1.165) is 5.92 Å². The van der Waals surface area contributed by atoms with E-state index < -0.39 is 0 Å². The zero-order valence-electron chi connectivity index (χ0n) is 5.45. The summed E-state index contributed by atoms with van der Waals surface area (Å²) in [5.74, 6) is 0.803. The first-order chi connectivity index (χ1) is 3.64. The second-order valence-electron chi connectivity index (χ2n) is 2.82. The first kappa shape index (κ1) is 6.41. The quantitative estimate of drug-likeness (QED) is 0.480. The Labute approximate surface area is 56.2 Å². The van der Waals surface area contributed by atoms with Crippen LogP contribution in [0.2, 0.25) is 0 Å². The van der Waals surface area contributed by atoms with Crippen LogP contribution in [0.5, 0.6) is 0 Å². The number of rotatable bonds is 1. The van der Waals surface area contributed by atoms with Gasteiger partial charge in [0.25, 0.3) is 0 Å². The number of halogens is 1. The molecule has 0 amide bonds. The van der Waals surface area contributed by atoms with E-state index >= 15 is 0 Å². The highest BCUT2D eigenvalue weighted by Gasteiger charge is 2.37. The summed E-state index contributed by atoms with van der Waals surface area (Å²) in [7, 11) is 0. The molecule has 0 aliphatic heterocycles. The summed E-state index contributed by atoms with van der Waals surface area (Å²) in [6, 6.07) is 0. The molecule has 0 N–H and O–H groups in total. The zero-order chi connectivity index (χ0) is 6.20. The van der Waals surface area contributed by atoms with Crippen molar-refractivity contribution in [1.29, 1.82) is 0 Å². The first-order valence-corrected chi connectivity index (χ1v) is 3.57. The molecule has 1 aliphatic rings. The van der Waals surface area contributed by atoms with Crippen molar-refractivity contribution in [1.82, 2.24) is 0 Å². The summed E-state index contributed by atoms with van der Waals surface area (Å²) in [4.78, 5) is 0.0423. The second kappa shape index (κ2) is 1.91. The SMILES string of the molecule is CCC1[CH]C(C)(Cl)C1. The van der Waals surface area contributed by atoms with Crippen molar-refractivity contribution in [2.24, 2.45) is 5.92 Å². The van der Waals surface area contributed by atoms with Crippen molar-refractivity contribution in [2.75, 3.05) is 0 Å². The second-order valence-corrected chi connectivity index (χ2v) is 3.68. The minimum Gasteiger partial charge on any atom is -0.119 e. The molecule has 47 valence electrons. The lowest BCUT2D eigenvalue weighted by molar-refractivity contribution is 0.343. The molecular weight excluding hydrogens is 120 g/mol. The van der Waals surface area contributed by atoms with Gasteiger partial charge in [0.15, 0.2) is 0 Å². The maximum absolute atomic E-state index is 5.92. The average Bonchev–Trinajstić information content (AvgIpc) is 1.60. The summed E-state index contributed by atoms with van der Waals surface area (Å²) < 4.78 is 0. The molecule has 0 saturated heterocycles. The van der Waals surface area contributed by atoms with Crippen LogP contribution in [0.4, 0.5) is 0 Å². The van der Waals surface area contributed by atoms with Crippen LogP contribution in [0, 0.1) is 12.3 Å². The van der Waals surface area contributed by atoms with Crippen LogP contribution in [0.15, 0.2) is 0 Å². The van der Waals surface area contributed by atoms with E-state index in [1.807, 2.05) is 0 Å². The minimum atomic E-state index is 0.0423. The van der Waals surface area contributed by atoms with E-state index in [4.69, 9.17) is 11.6 Å². The van der Waals surface area contributed by atoms with Crippen LogP contribution >= 0.6 is 11.6 Å². The molecule has 1 heteroatoms. The smallest absolute Gasteiger partial charge is 0.0455 e. The predicted octanol–water partition coefficient (Wildman–Crippen LogP) is 2.62. The lowest BCUT2D eigenvalue weighted by atomic mass is 9.74. The van der Waals surface area contributed by atoms with Crippen molar-refractivity contribution < 1.29 is 0 Å². The Hall–Kier alpha value is 0.290. The van der Waals surface area contributed by atoms with Gasteiger partial charge in [0, 0.05) is 4.87 Å². The van der Waals surface area contributed by atoms with E-state index in [1.54, 1.807) is 0 Å². The minimum absolute atomic E-state index is 0.0423. The van der Waals surface area contributed by atoms with Crippen molar-refractivity contribution in [3.63, 3.8) is 0 Å². The molecule has 1 aliphatic carbocycles. The van der Waals surface area contributed by atoms with Gasteiger partial charge in [-0.15, -0.1) is 11.6 Å². The predicted molar refractivity (Wildman–Crippen MR) is 37.0 cm³/mol. The summed E-state index contributed by atoms with van der Waals surface area (Å²) >= 11 is 5.92. The Morgan fingerprint density at radius 1 is 1.88 bits per heavy atom. The molecule has 8 heavy (non-hydrogen) atoms. The van der Waals surface area contributed by atoms with E-state index in [0.29, 0.717) is 0 Å². The Kier molecular flexibility index (Phi) is 1.53. The van der Waals surface area contributed by atoms with Gasteiger partial charge in [-0.2, -0.15) is 0 Å². The molecule has 0 aromatic heterocycles. The third kappa shape index (κ3) is 1.17. The van der Waals surface area contributed by atoms with Crippen molar-refractivity contribution >= 4 is 11.6 Å². The van der Waals surface area contributed by atoms with Crippen LogP contribution in [0.3, 0.4) is 0 Å². The Morgan fingerprint density at radius 3 is 2.50 bits per heavy atom. The number of hydrogen-bond acceptors (Lipinski definition) is 0. The van der Waals surface area contributed by atoms with Gasteiger partial charge in [-0.25, -0.2) is 0 Å². The van der Waals surface area contributed by atoms with Gasteiger partial charge in [0.2, 0.25) is 0 Å². The van der Waals surface area contributed by atoms with E-state index in [-0.39, 0.29) is 4.87 Å². The van der Waals surface area contributed by atoms with Crippen LogP contribution in [0.1, 0.15) is 26.7 Å². The van der Waals surface area contributed by atoms with Gasteiger partial charge in [-0.3, -0.25) is 0 Å². The number of alkyl halides is 1. The molecule has 2 atom stereocenters. The van der Waals surface area contributed by atoms with E-state index in [1.165, 1.54) is 12.8 Å². The van der Waals surface area contributed by atoms with Crippen molar-refractivity contribution in [3.05, 3.63) is 6.42 Å². The molecule has 0 nitrogen and oxygen atoms in total. The van der Waals surface area contributed by atoms with Gasteiger partial charge in [-0.05, 0) is 25.7 Å². The van der Waals surface area contributed by atoms with Crippen LogP contribution in [-0.2, 0) is 0 Å². The maximum atomic E-state index is 5.92. The van der Waals surface area contributed by atoms with Gasteiger partial charge in [0.1, 0.15) is 0 Å². The highest BCUT2D eigenvalue weighted by molar-refractivity contribution is 6.25. The van der Waals surface area contributed by atoms with E-state index in [2.05, 4.69) is 20.3 Å². The number of hydrogen-bond donors (Lipinski definition) is 0. The Balaban J connectivity index is 2.21. The highest BCUT2D eigenvalue weighted by atomic mass is 35.5. The summed E-state index contributed by atoms with van der Waals surface area (Å²) in [6.07, 6.45) is 4.65. The van der Waals surface area contributed by atoms with Gasteiger partial charge in [-0.1, -0.05) is 13.3 Å². The summed E-state index contributed by atoms with van der Waals surface area (Å²) in [6.45, 7) is 4.27. The topological polar surface area (TPSA) is 0 Å². The van der Waals surface area contributed by atoms with Crippen molar-refractivity contribution in [2.45, 2.75) is 31.6 Å². The molecule has 1 rings (SSSR count). The third-order valence-electron chi connectivity index (χ3n) is 1.77. The molecule has 1 radical (unpaired) electrons. The monoisotopic (exact) mass is 131 g/mol. The van der Waals surface area contributed by atoms with Crippen LogP contribution in [0.25, 0.3) is 0 Å². The molecule has 1 saturated carbocycles. The lowest BCUT2D eigenvalue weighted by Crippen LogP contribution is -2.36. The molecule has 0 spiro atoms.